The first-order chi connectivity index (χ1) is 7.43. The zero-order valence-corrected chi connectivity index (χ0v) is 12.2. The van der Waals surface area contributed by atoms with Gasteiger partial charge in [0.15, 0.2) is 0 Å². The molecule has 1 N–H and O–H groups in total. The van der Waals surface area contributed by atoms with E-state index in [4.69, 9.17) is 0 Å². The van der Waals surface area contributed by atoms with Crippen molar-refractivity contribution < 1.29 is 5.11 Å². The average Bonchev–Trinajstić information content (AvgIpc) is 2.18. The average molecular weight is 228 g/mol. The molecule has 3 unspecified atom stereocenters. The van der Waals surface area contributed by atoms with Crippen LogP contribution in [-0.2, 0) is 0 Å². The van der Waals surface area contributed by atoms with Crippen LogP contribution in [0.15, 0.2) is 0 Å². The first-order valence-electron chi connectivity index (χ1n) is 7.11. The highest BCUT2D eigenvalue weighted by Crippen LogP contribution is 2.31. The number of hydrogen-bond donors (Lipinski definition) is 1. The molecule has 0 radical (unpaired) electrons. The van der Waals surface area contributed by atoms with Gasteiger partial charge in [-0.15, -0.1) is 0 Å². The lowest BCUT2D eigenvalue weighted by molar-refractivity contribution is 0.0519. The molecular weight excluding hydrogens is 196 g/mol. The normalized spacial score (nSPS) is 17.8. The molecule has 98 valence electrons. The Kier molecular flexibility index (Phi) is 8.09. The minimum atomic E-state index is -0.0993. The van der Waals surface area contributed by atoms with Crippen molar-refractivity contribution in [2.45, 2.75) is 73.3 Å². The lowest BCUT2D eigenvalue weighted by Gasteiger charge is -2.31. The SMILES string of the molecule is CCCC(O)C(CC(CC)C(C)C)C(C)C. The van der Waals surface area contributed by atoms with Gasteiger partial charge in [0.1, 0.15) is 0 Å². The number of hydrogen-bond acceptors (Lipinski definition) is 1. The molecule has 1 nitrogen and oxygen atoms in total. The van der Waals surface area contributed by atoms with Crippen LogP contribution < -0.4 is 0 Å². The smallest absolute Gasteiger partial charge is 0.0570 e. The molecule has 0 aliphatic rings. The summed E-state index contributed by atoms with van der Waals surface area (Å²) in [5.74, 6) is 2.57. The van der Waals surface area contributed by atoms with Crippen LogP contribution in [0.1, 0.15) is 67.2 Å². The van der Waals surface area contributed by atoms with E-state index in [2.05, 4.69) is 41.5 Å². The number of aliphatic hydroxyl groups excluding tert-OH is 1. The fraction of sp³-hybridized carbons (Fsp3) is 1.00. The molecule has 0 aliphatic heterocycles. The Bertz CT molecular complexity index is 163. The van der Waals surface area contributed by atoms with Crippen LogP contribution in [0.25, 0.3) is 0 Å². The molecule has 3 atom stereocenters. The summed E-state index contributed by atoms with van der Waals surface area (Å²) >= 11 is 0. The van der Waals surface area contributed by atoms with Gasteiger partial charge in [-0.2, -0.15) is 0 Å². The Hall–Kier alpha value is -0.0400. The highest BCUT2D eigenvalue weighted by molar-refractivity contribution is 4.76. The summed E-state index contributed by atoms with van der Waals surface area (Å²) in [6, 6.07) is 0. The second kappa shape index (κ2) is 8.11. The molecule has 0 aromatic rings. The van der Waals surface area contributed by atoms with Crippen LogP contribution in [0.2, 0.25) is 0 Å². The Morgan fingerprint density at radius 1 is 0.938 bits per heavy atom. The first-order valence-corrected chi connectivity index (χ1v) is 7.11. The Morgan fingerprint density at radius 2 is 1.50 bits per heavy atom. The summed E-state index contributed by atoms with van der Waals surface area (Å²) < 4.78 is 0. The van der Waals surface area contributed by atoms with Crippen molar-refractivity contribution in [2.75, 3.05) is 0 Å². The third kappa shape index (κ3) is 5.34. The van der Waals surface area contributed by atoms with Gasteiger partial charge in [-0.1, -0.05) is 54.4 Å². The summed E-state index contributed by atoms with van der Waals surface area (Å²) in [5.41, 5.74) is 0. The fourth-order valence-corrected chi connectivity index (χ4v) is 2.64. The molecule has 0 rings (SSSR count). The van der Waals surface area contributed by atoms with Crippen LogP contribution in [-0.4, -0.2) is 11.2 Å². The van der Waals surface area contributed by atoms with Gasteiger partial charge >= 0.3 is 0 Å². The van der Waals surface area contributed by atoms with Gasteiger partial charge in [0, 0.05) is 0 Å². The van der Waals surface area contributed by atoms with Gasteiger partial charge in [-0.3, -0.25) is 0 Å². The molecule has 0 saturated carbocycles. The van der Waals surface area contributed by atoms with E-state index >= 15 is 0 Å². The molecular formula is C15H32O. The molecule has 0 aliphatic carbocycles. The molecule has 0 fully saturated rings. The summed E-state index contributed by atoms with van der Waals surface area (Å²) in [6.07, 6.45) is 4.37. The summed E-state index contributed by atoms with van der Waals surface area (Å²) in [5, 5.41) is 10.2. The second-order valence-corrected chi connectivity index (χ2v) is 5.91. The second-order valence-electron chi connectivity index (χ2n) is 5.91. The van der Waals surface area contributed by atoms with E-state index in [9.17, 15) is 5.11 Å². The molecule has 0 amide bonds. The van der Waals surface area contributed by atoms with Gasteiger partial charge in [0.25, 0.3) is 0 Å². The maximum absolute atomic E-state index is 10.2. The minimum absolute atomic E-state index is 0.0993. The van der Waals surface area contributed by atoms with E-state index < -0.39 is 0 Å². The first kappa shape index (κ1) is 16.0. The summed E-state index contributed by atoms with van der Waals surface area (Å²) in [7, 11) is 0. The summed E-state index contributed by atoms with van der Waals surface area (Å²) in [4.78, 5) is 0. The Morgan fingerprint density at radius 3 is 1.81 bits per heavy atom. The zero-order chi connectivity index (χ0) is 12.7. The standard InChI is InChI=1S/C15H32O/c1-7-9-15(16)14(12(5)6)10-13(8-2)11(3)4/h11-16H,7-10H2,1-6H3. The Balaban J connectivity index is 4.42. The van der Waals surface area contributed by atoms with E-state index in [0.717, 1.165) is 24.7 Å². The van der Waals surface area contributed by atoms with Crippen molar-refractivity contribution in [2.24, 2.45) is 23.7 Å². The maximum Gasteiger partial charge on any atom is 0.0570 e. The molecule has 1 heteroatoms. The highest BCUT2D eigenvalue weighted by Gasteiger charge is 2.26. The van der Waals surface area contributed by atoms with Crippen molar-refractivity contribution in [3.63, 3.8) is 0 Å². The predicted molar refractivity (Wildman–Crippen MR) is 72.5 cm³/mol. The molecule has 0 heterocycles. The van der Waals surface area contributed by atoms with Gasteiger partial charge < -0.3 is 5.11 Å². The van der Waals surface area contributed by atoms with E-state index in [1.54, 1.807) is 0 Å². The van der Waals surface area contributed by atoms with Crippen LogP contribution in [0.5, 0.6) is 0 Å². The van der Waals surface area contributed by atoms with Crippen molar-refractivity contribution in [1.82, 2.24) is 0 Å². The monoisotopic (exact) mass is 228 g/mol. The van der Waals surface area contributed by atoms with Gasteiger partial charge in [0.05, 0.1) is 6.10 Å². The number of rotatable bonds is 8. The van der Waals surface area contributed by atoms with Crippen molar-refractivity contribution >= 4 is 0 Å². The molecule has 0 saturated heterocycles. The zero-order valence-electron chi connectivity index (χ0n) is 12.2. The van der Waals surface area contributed by atoms with Crippen LogP contribution in [0.4, 0.5) is 0 Å². The lowest BCUT2D eigenvalue weighted by Crippen LogP contribution is -2.28. The van der Waals surface area contributed by atoms with Gasteiger partial charge in [0.2, 0.25) is 0 Å². The van der Waals surface area contributed by atoms with E-state index in [1.807, 2.05) is 0 Å². The third-order valence-corrected chi connectivity index (χ3v) is 3.98. The molecule has 0 aromatic heterocycles. The van der Waals surface area contributed by atoms with Gasteiger partial charge in [-0.05, 0) is 36.5 Å². The minimum Gasteiger partial charge on any atom is -0.393 e. The Labute approximate surface area is 103 Å². The molecule has 0 aromatic carbocycles. The summed E-state index contributed by atoms with van der Waals surface area (Å²) in [6.45, 7) is 13.5. The van der Waals surface area contributed by atoms with Crippen LogP contribution >= 0.6 is 0 Å². The fourth-order valence-electron chi connectivity index (χ4n) is 2.64. The van der Waals surface area contributed by atoms with E-state index in [1.165, 1.54) is 12.8 Å². The molecule has 0 bridgehead atoms. The third-order valence-electron chi connectivity index (χ3n) is 3.98. The topological polar surface area (TPSA) is 20.2 Å². The van der Waals surface area contributed by atoms with E-state index in [0.29, 0.717) is 11.8 Å². The molecule has 0 spiro atoms. The van der Waals surface area contributed by atoms with E-state index in [-0.39, 0.29) is 6.10 Å². The number of aliphatic hydroxyl groups is 1. The largest absolute Gasteiger partial charge is 0.393 e. The van der Waals surface area contributed by atoms with Gasteiger partial charge in [-0.25, -0.2) is 0 Å². The van der Waals surface area contributed by atoms with Crippen molar-refractivity contribution in [3.8, 4) is 0 Å². The predicted octanol–water partition coefficient (Wildman–Crippen LogP) is 4.49. The van der Waals surface area contributed by atoms with Crippen molar-refractivity contribution in [1.29, 1.82) is 0 Å². The quantitative estimate of drug-likeness (QED) is 0.649. The lowest BCUT2D eigenvalue weighted by atomic mass is 9.77. The van der Waals surface area contributed by atoms with Crippen LogP contribution in [0.3, 0.4) is 0 Å². The molecule has 16 heavy (non-hydrogen) atoms. The highest BCUT2D eigenvalue weighted by atomic mass is 16.3. The maximum atomic E-state index is 10.2. The van der Waals surface area contributed by atoms with Crippen molar-refractivity contribution in [3.05, 3.63) is 0 Å². The van der Waals surface area contributed by atoms with Crippen LogP contribution in [0, 0.1) is 23.7 Å².